The molecule has 0 fully saturated rings. The van der Waals surface area contributed by atoms with Crippen LogP contribution in [0.2, 0.25) is 0 Å². The topological polar surface area (TPSA) is 119 Å². The molecule has 1 aliphatic heterocycles. The highest BCUT2D eigenvalue weighted by Gasteiger charge is 2.37. The molecule has 30 heavy (non-hydrogen) atoms. The lowest BCUT2D eigenvalue weighted by Crippen LogP contribution is -2.34. The summed E-state index contributed by atoms with van der Waals surface area (Å²) in [6.07, 6.45) is -0.948. The first-order valence-corrected chi connectivity index (χ1v) is 9.05. The SMILES string of the molecule is CCOC(=O)NC(=O)COC(=O)c1ccc2c(c1)C(=O)N(c1ccccc1C)C2=O. The number of imide groups is 2. The normalized spacial score (nSPS) is 12.4. The molecule has 2 aromatic carbocycles. The molecule has 1 heterocycles. The Morgan fingerprint density at radius 3 is 2.37 bits per heavy atom. The quantitative estimate of drug-likeness (QED) is 0.593. The molecule has 0 saturated carbocycles. The molecule has 0 radical (unpaired) electrons. The van der Waals surface area contributed by atoms with Crippen LogP contribution in [0.3, 0.4) is 0 Å². The summed E-state index contributed by atoms with van der Waals surface area (Å²) in [5.74, 6) is -2.79. The number of nitrogens with zero attached hydrogens (tertiary/aromatic N) is 1. The van der Waals surface area contributed by atoms with Crippen molar-refractivity contribution >= 4 is 35.5 Å². The number of esters is 1. The van der Waals surface area contributed by atoms with Gasteiger partial charge in [0.05, 0.1) is 29.0 Å². The molecule has 1 N–H and O–H groups in total. The number of ether oxygens (including phenoxy) is 2. The van der Waals surface area contributed by atoms with Crippen LogP contribution < -0.4 is 10.2 Å². The van der Waals surface area contributed by atoms with E-state index in [1.165, 1.54) is 18.2 Å². The monoisotopic (exact) mass is 410 g/mol. The van der Waals surface area contributed by atoms with Gasteiger partial charge in [0.1, 0.15) is 0 Å². The molecule has 0 spiro atoms. The predicted molar refractivity (Wildman–Crippen MR) is 104 cm³/mol. The molecule has 9 heteroatoms. The standard InChI is InChI=1S/C21H18N2O7/c1-3-29-21(28)22-17(24)11-30-20(27)13-8-9-14-15(10-13)19(26)23(18(14)25)16-7-5-4-6-12(16)2/h4-10H,3,11H2,1-2H3,(H,22,24,28). The summed E-state index contributed by atoms with van der Waals surface area (Å²) in [5.41, 5.74) is 1.43. The summed E-state index contributed by atoms with van der Waals surface area (Å²) in [5, 5.41) is 1.89. The Labute approximate surface area is 171 Å². The first kappa shape index (κ1) is 20.7. The fraction of sp³-hybridized carbons (Fsp3) is 0.190. The lowest BCUT2D eigenvalue weighted by atomic mass is 10.1. The van der Waals surface area contributed by atoms with E-state index >= 15 is 0 Å². The van der Waals surface area contributed by atoms with Gasteiger partial charge in [0.2, 0.25) is 0 Å². The van der Waals surface area contributed by atoms with Gasteiger partial charge in [0, 0.05) is 0 Å². The zero-order valence-electron chi connectivity index (χ0n) is 16.3. The largest absolute Gasteiger partial charge is 0.452 e. The summed E-state index contributed by atoms with van der Waals surface area (Å²) < 4.78 is 9.40. The van der Waals surface area contributed by atoms with Crippen LogP contribution in [0.15, 0.2) is 42.5 Å². The molecule has 3 rings (SSSR count). The van der Waals surface area contributed by atoms with Crippen molar-refractivity contribution in [3.05, 3.63) is 64.7 Å². The van der Waals surface area contributed by atoms with Crippen molar-refractivity contribution in [1.29, 1.82) is 0 Å². The number of anilines is 1. The van der Waals surface area contributed by atoms with Crippen LogP contribution in [0.1, 0.15) is 43.6 Å². The van der Waals surface area contributed by atoms with Crippen molar-refractivity contribution in [1.82, 2.24) is 5.32 Å². The fourth-order valence-corrected chi connectivity index (χ4v) is 2.93. The van der Waals surface area contributed by atoms with Crippen LogP contribution >= 0.6 is 0 Å². The first-order valence-electron chi connectivity index (χ1n) is 9.05. The van der Waals surface area contributed by atoms with Crippen molar-refractivity contribution in [2.75, 3.05) is 18.1 Å². The molecular formula is C21H18N2O7. The first-order chi connectivity index (χ1) is 14.3. The number of alkyl carbamates (subject to hydrolysis) is 1. The smallest absolute Gasteiger partial charge is 0.413 e. The van der Waals surface area contributed by atoms with Crippen molar-refractivity contribution in [2.45, 2.75) is 13.8 Å². The molecule has 0 saturated heterocycles. The number of fused-ring (bicyclic) bond motifs is 1. The minimum atomic E-state index is -0.948. The van der Waals surface area contributed by atoms with Gasteiger partial charge in [-0.15, -0.1) is 0 Å². The maximum atomic E-state index is 12.8. The van der Waals surface area contributed by atoms with Gasteiger partial charge in [0.15, 0.2) is 6.61 Å². The molecule has 0 aromatic heterocycles. The molecular weight excluding hydrogens is 392 g/mol. The van der Waals surface area contributed by atoms with Crippen LogP contribution in [0.25, 0.3) is 0 Å². The average molecular weight is 410 g/mol. The van der Waals surface area contributed by atoms with Crippen LogP contribution in [-0.4, -0.2) is 43.0 Å². The number of carbonyl (C=O) groups is 5. The zero-order valence-corrected chi connectivity index (χ0v) is 16.3. The van der Waals surface area contributed by atoms with Crippen LogP contribution in [0.4, 0.5) is 10.5 Å². The molecule has 2 aromatic rings. The summed E-state index contributed by atoms with van der Waals surface area (Å²) >= 11 is 0. The van der Waals surface area contributed by atoms with Crippen molar-refractivity contribution < 1.29 is 33.4 Å². The Morgan fingerprint density at radius 2 is 1.67 bits per heavy atom. The third-order valence-corrected chi connectivity index (χ3v) is 4.33. The number of rotatable bonds is 5. The fourth-order valence-electron chi connectivity index (χ4n) is 2.93. The van der Waals surface area contributed by atoms with E-state index in [1.807, 2.05) is 5.32 Å². The van der Waals surface area contributed by atoms with E-state index in [0.717, 1.165) is 10.5 Å². The van der Waals surface area contributed by atoms with Crippen LogP contribution in [0.5, 0.6) is 0 Å². The number of amides is 4. The zero-order chi connectivity index (χ0) is 21.8. The molecule has 1 aliphatic rings. The van der Waals surface area contributed by atoms with E-state index < -0.39 is 36.4 Å². The van der Waals surface area contributed by atoms with Crippen molar-refractivity contribution in [2.24, 2.45) is 0 Å². The molecule has 154 valence electrons. The maximum Gasteiger partial charge on any atom is 0.413 e. The summed E-state index contributed by atoms with van der Waals surface area (Å²) in [4.78, 5) is 61.6. The highest BCUT2D eigenvalue weighted by molar-refractivity contribution is 6.34. The van der Waals surface area contributed by atoms with Gasteiger partial charge in [0.25, 0.3) is 17.7 Å². The second-order valence-corrected chi connectivity index (χ2v) is 6.34. The summed E-state index contributed by atoms with van der Waals surface area (Å²) in [6.45, 7) is 2.73. The van der Waals surface area contributed by atoms with Crippen LogP contribution in [-0.2, 0) is 14.3 Å². The summed E-state index contributed by atoms with van der Waals surface area (Å²) in [7, 11) is 0. The average Bonchev–Trinajstić information content (AvgIpc) is 2.96. The Balaban J connectivity index is 1.73. The van der Waals surface area contributed by atoms with Gasteiger partial charge in [-0.2, -0.15) is 0 Å². The Bertz CT molecular complexity index is 1060. The Kier molecular flexibility index (Phi) is 5.91. The van der Waals surface area contributed by atoms with E-state index in [0.29, 0.717) is 5.69 Å². The van der Waals surface area contributed by atoms with E-state index in [1.54, 1.807) is 38.1 Å². The molecule has 0 atom stereocenters. The minimum Gasteiger partial charge on any atom is -0.452 e. The summed E-state index contributed by atoms with van der Waals surface area (Å²) in [6, 6.07) is 10.9. The number of nitrogens with one attached hydrogen (secondary N) is 1. The highest BCUT2D eigenvalue weighted by atomic mass is 16.6. The molecule has 4 amide bonds. The lowest BCUT2D eigenvalue weighted by Gasteiger charge is -2.16. The van der Waals surface area contributed by atoms with Gasteiger partial charge in [-0.05, 0) is 43.7 Å². The second kappa shape index (κ2) is 8.56. The van der Waals surface area contributed by atoms with Gasteiger partial charge >= 0.3 is 12.1 Å². The van der Waals surface area contributed by atoms with Gasteiger partial charge < -0.3 is 9.47 Å². The second-order valence-electron chi connectivity index (χ2n) is 6.34. The van der Waals surface area contributed by atoms with E-state index in [2.05, 4.69) is 4.74 Å². The third-order valence-electron chi connectivity index (χ3n) is 4.33. The molecule has 9 nitrogen and oxygen atoms in total. The highest BCUT2D eigenvalue weighted by Crippen LogP contribution is 2.31. The number of carbonyl (C=O) groups excluding carboxylic acids is 5. The Morgan fingerprint density at radius 1 is 0.967 bits per heavy atom. The van der Waals surface area contributed by atoms with Crippen molar-refractivity contribution in [3.63, 3.8) is 0 Å². The number of para-hydroxylation sites is 1. The van der Waals surface area contributed by atoms with E-state index in [9.17, 15) is 24.0 Å². The molecule has 0 unspecified atom stereocenters. The van der Waals surface area contributed by atoms with E-state index in [-0.39, 0.29) is 23.3 Å². The molecule has 0 bridgehead atoms. The number of hydrogen-bond donors (Lipinski definition) is 1. The molecule has 0 aliphatic carbocycles. The number of hydrogen-bond acceptors (Lipinski definition) is 7. The van der Waals surface area contributed by atoms with Crippen LogP contribution in [0, 0.1) is 6.92 Å². The Hall–Kier alpha value is -4.01. The van der Waals surface area contributed by atoms with E-state index in [4.69, 9.17) is 4.74 Å². The lowest BCUT2D eigenvalue weighted by molar-refractivity contribution is -0.123. The minimum absolute atomic E-state index is 0.00883. The maximum absolute atomic E-state index is 12.8. The third kappa shape index (κ3) is 4.04. The number of aryl methyl sites for hydroxylation is 1. The van der Waals surface area contributed by atoms with Gasteiger partial charge in [-0.25, -0.2) is 14.5 Å². The van der Waals surface area contributed by atoms with Gasteiger partial charge in [-0.3, -0.25) is 19.7 Å². The van der Waals surface area contributed by atoms with Crippen molar-refractivity contribution in [3.8, 4) is 0 Å². The van der Waals surface area contributed by atoms with Gasteiger partial charge in [-0.1, -0.05) is 18.2 Å². The number of benzene rings is 2. The predicted octanol–water partition coefficient (Wildman–Crippen LogP) is 2.23.